The van der Waals surface area contributed by atoms with E-state index in [2.05, 4.69) is 15.8 Å². The fourth-order valence-electron chi connectivity index (χ4n) is 4.27. The number of hydrogen-bond acceptors (Lipinski definition) is 7. The molecule has 1 saturated heterocycles. The number of hydrogen-bond donors (Lipinski definition) is 2. The van der Waals surface area contributed by atoms with Crippen molar-refractivity contribution >= 4 is 28.2 Å². The molecular formula is C24H25N3O5S. The first kappa shape index (κ1) is 21.7. The maximum Gasteiger partial charge on any atom is 0.278 e. The van der Waals surface area contributed by atoms with Gasteiger partial charge in [-0.25, -0.2) is 0 Å². The molecule has 2 aliphatic rings. The van der Waals surface area contributed by atoms with Crippen LogP contribution in [0.1, 0.15) is 50.5 Å². The lowest BCUT2D eigenvalue weighted by Crippen LogP contribution is -2.32. The minimum absolute atomic E-state index is 0.0604. The summed E-state index contributed by atoms with van der Waals surface area (Å²) in [5, 5.41) is 10.4. The summed E-state index contributed by atoms with van der Waals surface area (Å²) in [6.07, 6.45) is 4.82. The van der Waals surface area contributed by atoms with Crippen molar-refractivity contribution in [2.24, 2.45) is 0 Å². The van der Waals surface area contributed by atoms with Gasteiger partial charge in [0.1, 0.15) is 10.8 Å². The number of anilines is 1. The van der Waals surface area contributed by atoms with Crippen LogP contribution in [0.15, 0.2) is 34.9 Å². The van der Waals surface area contributed by atoms with Crippen LogP contribution >= 0.6 is 11.3 Å². The Morgan fingerprint density at radius 3 is 2.79 bits per heavy atom. The highest BCUT2D eigenvalue weighted by atomic mass is 32.1. The quantitative estimate of drug-likeness (QED) is 0.543. The Hall–Kier alpha value is -3.17. The van der Waals surface area contributed by atoms with E-state index in [0.29, 0.717) is 22.9 Å². The van der Waals surface area contributed by atoms with E-state index in [9.17, 15) is 9.59 Å². The summed E-state index contributed by atoms with van der Waals surface area (Å²) < 4.78 is 16.2. The number of amides is 2. The van der Waals surface area contributed by atoms with E-state index in [-0.39, 0.29) is 17.7 Å². The molecule has 1 aromatic carbocycles. The molecule has 2 N–H and O–H groups in total. The van der Waals surface area contributed by atoms with Gasteiger partial charge in [0.25, 0.3) is 11.8 Å². The second-order valence-electron chi connectivity index (χ2n) is 8.17. The van der Waals surface area contributed by atoms with Crippen molar-refractivity contribution in [1.82, 2.24) is 10.5 Å². The standard InChI is InChI=1S/C24H25N3O5S/c1-30-15-9-7-14(8-10-15)19-12-18(27-32-19)22(28)26-24-21(17-5-2-6-20(17)33-24)23(29)25-13-16-4-3-11-31-16/h7-10,12,16H,2-6,11,13H2,1H3,(H,25,29)(H,26,28)/t16-/m0/s1. The zero-order valence-electron chi connectivity index (χ0n) is 18.3. The Morgan fingerprint density at radius 1 is 1.18 bits per heavy atom. The maximum atomic E-state index is 13.0. The number of benzene rings is 1. The average Bonchev–Trinajstić information content (AvgIpc) is 3.62. The Morgan fingerprint density at radius 2 is 2.03 bits per heavy atom. The fourth-order valence-corrected chi connectivity index (χ4v) is 5.56. The molecule has 1 aliphatic heterocycles. The predicted molar refractivity (Wildman–Crippen MR) is 124 cm³/mol. The number of methoxy groups -OCH3 is 1. The van der Waals surface area contributed by atoms with Gasteiger partial charge < -0.3 is 24.6 Å². The van der Waals surface area contributed by atoms with E-state index >= 15 is 0 Å². The first-order chi connectivity index (χ1) is 16.1. The lowest BCUT2D eigenvalue weighted by molar-refractivity contribution is 0.0858. The lowest BCUT2D eigenvalue weighted by Gasteiger charge is -2.12. The first-order valence-corrected chi connectivity index (χ1v) is 11.9. The minimum Gasteiger partial charge on any atom is -0.497 e. The highest BCUT2D eigenvalue weighted by Gasteiger charge is 2.29. The Labute approximate surface area is 195 Å². The zero-order chi connectivity index (χ0) is 22.8. The molecule has 0 radical (unpaired) electrons. The van der Waals surface area contributed by atoms with Gasteiger partial charge in [0, 0.05) is 29.7 Å². The molecule has 172 valence electrons. The topological polar surface area (TPSA) is 103 Å². The molecule has 0 saturated carbocycles. The van der Waals surface area contributed by atoms with E-state index in [1.165, 1.54) is 11.3 Å². The van der Waals surface area contributed by atoms with Gasteiger partial charge in [0.15, 0.2) is 11.5 Å². The molecule has 1 atom stereocenters. The molecule has 0 unspecified atom stereocenters. The SMILES string of the molecule is COc1ccc(-c2cc(C(=O)Nc3sc4c(c3C(=O)NC[C@@H]3CCCO3)CCC4)no2)cc1. The van der Waals surface area contributed by atoms with Gasteiger partial charge in [-0.15, -0.1) is 11.3 Å². The number of ether oxygens (including phenoxy) is 2. The molecule has 33 heavy (non-hydrogen) atoms. The van der Waals surface area contributed by atoms with Crippen LogP contribution in [-0.4, -0.2) is 43.3 Å². The zero-order valence-corrected chi connectivity index (χ0v) is 19.1. The van der Waals surface area contributed by atoms with Gasteiger partial charge >= 0.3 is 0 Å². The summed E-state index contributed by atoms with van der Waals surface area (Å²) in [4.78, 5) is 27.1. The summed E-state index contributed by atoms with van der Waals surface area (Å²) in [7, 11) is 1.60. The molecule has 9 heteroatoms. The molecule has 1 fully saturated rings. The summed E-state index contributed by atoms with van der Waals surface area (Å²) in [6, 6.07) is 8.89. The van der Waals surface area contributed by atoms with Crippen molar-refractivity contribution in [3.8, 4) is 17.1 Å². The fraction of sp³-hybridized carbons (Fsp3) is 0.375. The average molecular weight is 468 g/mol. The Bertz CT molecular complexity index is 1160. The van der Waals surface area contributed by atoms with Gasteiger partial charge in [-0.1, -0.05) is 5.16 Å². The van der Waals surface area contributed by atoms with Crippen LogP contribution in [0.3, 0.4) is 0 Å². The molecule has 0 bridgehead atoms. The normalized spacial score (nSPS) is 17.1. The van der Waals surface area contributed by atoms with Crippen molar-refractivity contribution in [2.45, 2.75) is 38.2 Å². The number of carbonyl (C=O) groups is 2. The van der Waals surface area contributed by atoms with Crippen molar-refractivity contribution in [3.63, 3.8) is 0 Å². The first-order valence-electron chi connectivity index (χ1n) is 11.1. The van der Waals surface area contributed by atoms with Crippen molar-refractivity contribution in [1.29, 1.82) is 0 Å². The van der Waals surface area contributed by atoms with Crippen LogP contribution in [0.2, 0.25) is 0 Å². The minimum atomic E-state index is -0.411. The van der Waals surface area contributed by atoms with Gasteiger partial charge in [0.05, 0.1) is 18.8 Å². The largest absolute Gasteiger partial charge is 0.497 e. The number of fused-ring (bicyclic) bond motifs is 1. The van der Waals surface area contributed by atoms with Crippen LogP contribution in [0.4, 0.5) is 5.00 Å². The van der Waals surface area contributed by atoms with Crippen molar-refractivity contribution < 1.29 is 23.6 Å². The molecule has 2 aromatic heterocycles. The number of aromatic nitrogens is 1. The van der Waals surface area contributed by atoms with Crippen LogP contribution in [0, 0.1) is 0 Å². The third-order valence-electron chi connectivity index (χ3n) is 6.01. The summed E-state index contributed by atoms with van der Waals surface area (Å²) in [5.74, 6) is 0.629. The van der Waals surface area contributed by atoms with Crippen molar-refractivity contribution in [3.05, 3.63) is 52.0 Å². The molecule has 0 spiro atoms. The van der Waals surface area contributed by atoms with Crippen LogP contribution in [-0.2, 0) is 17.6 Å². The molecule has 3 heterocycles. The van der Waals surface area contributed by atoms with Crippen LogP contribution < -0.4 is 15.4 Å². The highest BCUT2D eigenvalue weighted by Crippen LogP contribution is 2.39. The summed E-state index contributed by atoms with van der Waals surface area (Å²) >= 11 is 1.47. The summed E-state index contributed by atoms with van der Waals surface area (Å²) in [5.41, 5.74) is 2.55. The van der Waals surface area contributed by atoms with Crippen LogP contribution in [0.25, 0.3) is 11.3 Å². The Balaban J connectivity index is 1.32. The number of carbonyl (C=O) groups excluding carboxylic acids is 2. The van der Waals surface area contributed by atoms with Gasteiger partial charge in [0.2, 0.25) is 0 Å². The number of nitrogens with one attached hydrogen (secondary N) is 2. The predicted octanol–water partition coefficient (Wildman–Crippen LogP) is 4.06. The molecule has 8 nitrogen and oxygen atoms in total. The van der Waals surface area contributed by atoms with Gasteiger partial charge in [-0.3, -0.25) is 9.59 Å². The molecule has 2 amide bonds. The highest BCUT2D eigenvalue weighted by molar-refractivity contribution is 7.17. The van der Waals surface area contributed by atoms with E-state index < -0.39 is 5.91 Å². The van der Waals surface area contributed by atoms with Crippen LogP contribution in [0.5, 0.6) is 5.75 Å². The smallest absolute Gasteiger partial charge is 0.278 e. The second-order valence-corrected chi connectivity index (χ2v) is 9.27. The number of thiophene rings is 1. The third kappa shape index (κ3) is 4.51. The number of aryl methyl sites for hydroxylation is 1. The monoisotopic (exact) mass is 467 g/mol. The molecule has 3 aromatic rings. The number of rotatable bonds is 7. The molecule has 1 aliphatic carbocycles. The van der Waals surface area contributed by atoms with E-state index in [1.807, 2.05) is 24.3 Å². The van der Waals surface area contributed by atoms with Gasteiger partial charge in [-0.2, -0.15) is 0 Å². The number of nitrogens with zero attached hydrogens (tertiary/aromatic N) is 1. The van der Waals surface area contributed by atoms with E-state index in [0.717, 1.165) is 60.5 Å². The Kier molecular flexibility index (Phi) is 6.15. The second kappa shape index (κ2) is 9.36. The van der Waals surface area contributed by atoms with Crippen molar-refractivity contribution in [2.75, 3.05) is 25.6 Å². The third-order valence-corrected chi connectivity index (χ3v) is 7.21. The maximum absolute atomic E-state index is 13.0. The summed E-state index contributed by atoms with van der Waals surface area (Å²) in [6.45, 7) is 1.22. The van der Waals surface area contributed by atoms with E-state index in [4.69, 9.17) is 14.0 Å². The van der Waals surface area contributed by atoms with Gasteiger partial charge in [-0.05, 0) is 61.9 Å². The molecule has 5 rings (SSSR count). The molecular weight excluding hydrogens is 442 g/mol. The van der Waals surface area contributed by atoms with E-state index in [1.54, 1.807) is 13.2 Å². The lowest BCUT2D eigenvalue weighted by atomic mass is 10.1.